The van der Waals surface area contributed by atoms with Crippen molar-refractivity contribution in [2.45, 2.75) is 19.4 Å². The normalized spacial score (nSPS) is 17.0. The molecule has 1 aliphatic heterocycles. The highest BCUT2D eigenvalue weighted by Crippen LogP contribution is 2.22. The zero-order valence-corrected chi connectivity index (χ0v) is 17.3. The maximum Gasteiger partial charge on any atom is 0.256 e. The maximum atomic E-state index is 13.5. The molecular formula is C23H23N7O. The van der Waals surface area contributed by atoms with Crippen molar-refractivity contribution in [3.8, 4) is 5.69 Å². The number of carbonyl (C=O) groups is 1. The van der Waals surface area contributed by atoms with Crippen molar-refractivity contribution in [2.24, 2.45) is 0 Å². The third-order valence-corrected chi connectivity index (χ3v) is 5.75. The van der Waals surface area contributed by atoms with Crippen LogP contribution in [-0.2, 0) is 0 Å². The van der Waals surface area contributed by atoms with Gasteiger partial charge in [-0.1, -0.05) is 30.3 Å². The van der Waals surface area contributed by atoms with E-state index in [2.05, 4.69) is 27.0 Å². The Hall–Kier alpha value is -3.81. The lowest BCUT2D eigenvalue weighted by molar-refractivity contribution is 0.0705. The highest BCUT2D eigenvalue weighted by Gasteiger charge is 2.28. The lowest BCUT2D eigenvalue weighted by Gasteiger charge is -2.27. The SMILES string of the molecule is C[C@H]1CCN(c2ncc3ccccc3n2)CCN1C(=O)c1ccccc1-n1nccn1. The molecule has 1 aliphatic rings. The van der Waals surface area contributed by atoms with E-state index in [0.29, 0.717) is 30.3 Å². The second-order valence-electron chi connectivity index (χ2n) is 7.69. The summed E-state index contributed by atoms with van der Waals surface area (Å²) in [6.07, 6.45) is 5.92. The van der Waals surface area contributed by atoms with Gasteiger partial charge in [0.15, 0.2) is 0 Å². The summed E-state index contributed by atoms with van der Waals surface area (Å²) in [4.78, 5) is 28.4. The van der Waals surface area contributed by atoms with Gasteiger partial charge in [-0.2, -0.15) is 15.0 Å². The van der Waals surface area contributed by atoms with Gasteiger partial charge in [0, 0.05) is 37.3 Å². The molecule has 0 aliphatic carbocycles. The minimum atomic E-state index is -0.0123. The molecule has 2 aromatic carbocycles. The minimum absolute atomic E-state index is 0.0123. The molecule has 0 spiro atoms. The lowest BCUT2D eigenvalue weighted by atomic mass is 10.1. The number of benzene rings is 2. The van der Waals surface area contributed by atoms with Crippen molar-refractivity contribution in [3.63, 3.8) is 0 Å². The van der Waals surface area contributed by atoms with Crippen LogP contribution in [0.4, 0.5) is 5.95 Å². The van der Waals surface area contributed by atoms with Crippen LogP contribution in [0.2, 0.25) is 0 Å². The van der Waals surface area contributed by atoms with Gasteiger partial charge < -0.3 is 9.80 Å². The van der Waals surface area contributed by atoms with E-state index in [1.165, 1.54) is 4.80 Å². The summed E-state index contributed by atoms with van der Waals surface area (Å²) < 4.78 is 0. The van der Waals surface area contributed by atoms with Crippen LogP contribution in [0.5, 0.6) is 0 Å². The van der Waals surface area contributed by atoms with E-state index in [9.17, 15) is 4.79 Å². The van der Waals surface area contributed by atoms with Crippen LogP contribution in [0.25, 0.3) is 16.6 Å². The van der Waals surface area contributed by atoms with Gasteiger partial charge in [0.05, 0.1) is 29.2 Å². The number of anilines is 1. The van der Waals surface area contributed by atoms with Crippen molar-refractivity contribution >= 4 is 22.8 Å². The van der Waals surface area contributed by atoms with Gasteiger partial charge in [0.1, 0.15) is 0 Å². The third-order valence-electron chi connectivity index (χ3n) is 5.75. The van der Waals surface area contributed by atoms with E-state index in [-0.39, 0.29) is 11.9 Å². The van der Waals surface area contributed by atoms with Crippen LogP contribution in [0.15, 0.2) is 67.1 Å². The third kappa shape index (κ3) is 3.72. The summed E-state index contributed by atoms with van der Waals surface area (Å²) in [5.74, 6) is 0.697. The molecule has 8 nitrogen and oxygen atoms in total. The molecule has 2 aromatic heterocycles. The van der Waals surface area contributed by atoms with Gasteiger partial charge in [-0.05, 0) is 31.5 Å². The summed E-state index contributed by atoms with van der Waals surface area (Å²) in [7, 11) is 0. The predicted molar refractivity (Wildman–Crippen MR) is 118 cm³/mol. The number of fused-ring (bicyclic) bond motifs is 1. The van der Waals surface area contributed by atoms with Gasteiger partial charge >= 0.3 is 0 Å². The molecule has 8 heteroatoms. The Morgan fingerprint density at radius 2 is 1.74 bits per heavy atom. The number of hydrogen-bond donors (Lipinski definition) is 0. The number of rotatable bonds is 3. The van der Waals surface area contributed by atoms with Crippen molar-refractivity contribution in [1.82, 2.24) is 29.9 Å². The average Bonchev–Trinajstić information content (AvgIpc) is 3.28. The van der Waals surface area contributed by atoms with E-state index in [0.717, 1.165) is 23.9 Å². The maximum absolute atomic E-state index is 13.5. The number of amides is 1. The molecule has 0 unspecified atom stereocenters. The second-order valence-corrected chi connectivity index (χ2v) is 7.69. The molecular weight excluding hydrogens is 390 g/mol. The van der Waals surface area contributed by atoms with E-state index >= 15 is 0 Å². The van der Waals surface area contributed by atoms with Gasteiger partial charge in [-0.3, -0.25) is 4.79 Å². The van der Waals surface area contributed by atoms with Gasteiger partial charge in [-0.25, -0.2) is 9.97 Å². The standard InChI is InChI=1S/C23H23N7O/c1-17-10-13-28(23-24-16-18-6-2-4-8-20(18)27-23)14-15-29(17)22(31)19-7-3-5-9-21(19)30-25-11-12-26-30/h2-9,11-12,16-17H,10,13-15H2,1H3/t17-/m0/s1. The lowest BCUT2D eigenvalue weighted by Crippen LogP contribution is -2.40. The van der Waals surface area contributed by atoms with Gasteiger partial charge in [-0.15, -0.1) is 0 Å². The van der Waals surface area contributed by atoms with Gasteiger partial charge in [0.2, 0.25) is 5.95 Å². The van der Waals surface area contributed by atoms with Crippen LogP contribution in [-0.4, -0.2) is 61.4 Å². The smallest absolute Gasteiger partial charge is 0.256 e. The van der Waals surface area contributed by atoms with Crippen LogP contribution >= 0.6 is 0 Å². The molecule has 156 valence electrons. The van der Waals surface area contributed by atoms with E-state index in [1.54, 1.807) is 12.4 Å². The van der Waals surface area contributed by atoms with Gasteiger partial charge in [0.25, 0.3) is 5.91 Å². The fraction of sp³-hybridized carbons (Fsp3) is 0.261. The van der Waals surface area contributed by atoms with Crippen LogP contribution in [0, 0.1) is 0 Å². The Balaban J connectivity index is 1.39. The molecule has 0 radical (unpaired) electrons. The molecule has 1 amide bonds. The first-order chi connectivity index (χ1) is 15.2. The number of para-hydroxylation sites is 2. The molecule has 1 atom stereocenters. The first kappa shape index (κ1) is 19.2. The van der Waals surface area contributed by atoms with Crippen LogP contribution in [0.3, 0.4) is 0 Å². The predicted octanol–water partition coefficient (Wildman–Crippen LogP) is 2.95. The number of nitrogens with zero attached hydrogens (tertiary/aromatic N) is 7. The summed E-state index contributed by atoms with van der Waals surface area (Å²) in [6, 6.07) is 15.5. The number of carbonyl (C=O) groups excluding carboxylic acids is 1. The zero-order valence-electron chi connectivity index (χ0n) is 17.3. The minimum Gasteiger partial charge on any atom is -0.339 e. The molecule has 3 heterocycles. The summed E-state index contributed by atoms with van der Waals surface area (Å²) in [5, 5.41) is 9.42. The van der Waals surface area contributed by atoms with Crippen molar-refractivity contribution in [3.05, 3.63) is 72.7 Å². The van der Waals surface area contributed by atoms with Crippen LogP contribution in [0.1, 0.15) is 23.7 Å². The number of hydrogen-bond acceptors (Lipinski definition) is 6. The molecule has 31 heavy (non-hydrogen) atoms. The summed E-state index contributed by atoms with van der Waals surface area (Å²) >= 11 is 0. The zero-order chi connectivity index (χ0) is 21.2. The Kier molecular flexibility index (Phi) is 5.03. The Labute approximate surface area is 180 Å². The molecule has 0 N–H and O–H groups in total. The van der Waals surface area contributed by atoms with Crippen molar-refractivity contribution in [1.29, 1.82) is 0 Å². The Bertz CT molecular complexity index is 1210. The Morgan fingerprint density at radius 1 is 0.968 bits per heavy atom. The first-order valence-electron chi connectivity index (χ1n) is 10.4. The average molecular weight is 413 g/mol. The van der Waals surface area contributed by atoms with Crippen LogP contribution < -0.4 is 4.90 Å². The quantitative estimate of drug-likeness (QED) is 0.514. The fourth-order valence-corrected chi connectivity index (χ4v) is 4.00. The summed E-state index contributed by atoms with van der Waals surface area (Å²) in [5.41, 5.74) is 2.21. The first-order valence-corrected chi connectivity index (χ1v) is 10.4. The monoisotopic (exact) mass is 413 g/mol. The van der Waals surface area contributed by atoms with E-state index in [1.807, 2.05) is 59.6 Å². The van der Waals surface area contributed by atoms with E-state index in [4.69, 9.17) is 4.98 Å². The molecule has 1 fully saturated rings. The highest BCUT2D eigenvalue weighted by molar-refractivity contribution is 5.98. The molecule has 1 saturated heterocycles. The highest BCUT2D eigenvalue weighted by atomic mass is 16.2. The fourth-order valence-electron chi connectivity index (χ4n) is 4.00. The molecule has 4 aromatic rings. The van der Waals surface area contributed by atoms with Crippen molar-refractivity contribution in [2.75, 3.05) is 24.5 Å². The summed E-state index contributed by atoms with van der Waals surface area (Å²) in [6.45, 7) is 4.16. The van der Waals surface area contributed by atoms with E-state index < -0.39 is 0 Å². The molecule has 5 rings (SSSR count). The molecule has 0 saturated carbocycles. The molecule has 0 bridgehead atoms. The largest absolute Gasteiger partial charge is 0.339 e. The topological polar surface area (TPSA) is 80.0 Å². The number of aromatic nitrogens is 5. The Morgan fingerprint density at radius 3 is 2.61 bits per heavy atom. The second kappa shape index (κ2) is 8.14. The van der Waals surface area contributed by atoms with Crippen molar-refractivity contribution < 1.29 is 4.79 Å².